The Morgan fingerprint density at radius 1 is 1.14 bits per heavy atom. The molecule has 1 aliphatic rings. The maximum Gasteiger partial charge on any atom is 0.326 e. The van der Waals surface area contributed by atoms with Crippen molar-refractivity contribution in [1.82, 2.24) is 20.6 Å². The van der Waals surface area contributed by atoms with Crippen molar-refractivity contribution in [2.75, 3.05) is 18.4 Å². The number of hydrogen-bond acceptors (Lipinski definition) is 5. The molecule has 2 aromatic heterocycles. The summed E-state index contributed by atoms with van der Waals surface area (Å²) < 4.78 is 14.5. The maximum atomic E-state index is 14.5. The number of nitrogens with one attached hydrogen (secondary N) is 4. The molecule has 0 aliphatic carbocycles. The van der Waals surface area contributed by atoms with Crippen molar-refractivity contribution in [3.05, 3.63) is 59.2 Å². The molecule has 4 rings (SSSR count). The van der Waals surface area contributed by atoms with Crippen LogP contribution in [-0.4, -0.2) is 52.0 Å². The molecule has 1 aliphatic heterocycles. The number of benzene rings is 1. The summed E-state index contributed by atoms with van der Waals surface area (Å²) >= 11 is 0. The van der Waals surface area contributed by atoms with Crippen LogP contribution < -0.4 is 16.0 Å². The number of nitrogens with zero attached hydrogens (tertiary/aromatic N) is 1. The van der Waals surface area contributed by atoms with Crippen molar-refractivity contribution in [2.24, 2.45) is 0 Å². The molecule has 1 atom stereocenters. The van der Waals surface area contributed by atoms with Gasteiger partial charge in [-0.25, -0.2) is 14.2 Å². The molecule has 36 heavy (non-hydrogen) atoms. The molecule has 0 saturated heterocycles. The Kier molecular flexibility index (Phi) is 8.14. The molecular weight excluding hydrogens is 465 g/mol. The van der Waals surface area contributed by atoms with Crippen LogP contribution in [0.3, 0.4) is 0 Å². The lowest BCUT2D eigenvalue weighted by molar-refractivity contribution is -0.139. The van der Waals surface area contributed by atoms with Gasteiger partial charge in [-0.05, 0) is 62.3 Å². The molecule has 0 radical (unpaired) electrons. The minimum atomic E-state index is -1.27. The van der Waals surface area contributed by atoms with Crippen LogP contribution in [-0.2, 0) is 22.4 Å². The zero-order chi connectivity index (χ0) is 25.5. The number of unbranched alkanes of at least 4 members (excludes halogenated alkanes) is 1. The van der Waals surface area contributed by atoms with E-state index in [1.54, 1.807) is 18.2 Å². The first kappa shape index (κ1) is 25.2. The number of amides is 2. The fourth-order valence-electron chi connectivity index (χ4n) is 4.30. The third-order valence-electron chi connectivity index (χ3n) is 6.27. The number of carboxylic acids is 1. The number of hydrogen-bond donors (Lipinski definition) is 5. The van der Waals surface area contributed by atoms with Crippen molar-refractivity contribution in [3.63, 3.8) is 0 Å². The molecule has 10 heteroatoms. The van der Waals surface area contributed by atoms with Gasteiger partial charge in [0.2, 0.25) is 5.91 Å². The van der Waals surface area contributed by atoms with Crippen LogP contribution in [0.4, 0.5) is 10.2 Å². The number of fused-ring (bicyclic) bond motifs is 2. The first-order valence-electron chi connectivity index (χ1n) is 12.2. The van der Waals surface area contributed by atoms with E-state index in [1.165, 1.54) is 11.6 Å². The second-order valence-corrected chi connectivity index (χ2v) is 8.91. The van der Waals surface area contributed by atoms with Crippen molar-refractivity contribution in [3.8, 4) is 0 Å². The van der Waals surface area contributed by atoms with Crippen LogP contribution in [0.5, 0.6) is 0 Å². The number of carboxylic acid groups (broad SMARTS) is 1. The lowest BCUT2D eigenvalue weighted by Gasteiger charge is -2.17. The van der Waals surface area contributed by atoms with E-state index in [0.29, 0.717) is 18.4 Å². The van der Waals surface area contributed by atoms with Crippen LogP contribution in [0.1, 0.15) is 53.8 Å². The van der Waals surface area contributed by atoms with Gasteiger partial charge in [0, 0.05) is 36.1 Å². The molecular formula is C26H30FN5O4. The number of carbonyl (C=O) groups is 3. The number of aliphatic carboxylic acids is 1. The number of carbonyl (C=O) groups excluding carboxylic acids is 2. The fourth-order valence-corrected chi connectivity index (χ4v) is 4.30. The molecule has 3 heterocycles. The lowest BCUT2D eigenvalue weighted by Crippen LogP contribution is -2.43. The van der Waals surface area contributed by atoms with Crippen LogP contribution in [0.15, 0.2) is 36.4 Å². The van der Waals surface area contributed by atoms with E-state index >= 15 is 0 Å². The summed E-state index contributed by atoms with van der Waals surface area (Å²) in [6.45, 7) is 1.01. The molecule has 190 valence electrons. The van der Waals surface area contributed by atoms with Gasteiger partial charge in [0.05, 0.1) is 0 Å². The summed E-state index contributed by atoms with van der Waals surface area (Å²) in [6.07, 6.45) is 4.71. The number of para-hydroxylation sites is 1. The first-order chi connectivity index (χ1) is 17.4. The second kappa shape index (κ2) is 11.7. The highest BCUT2D eigenvalue weighted by Crippen LogP contribution is 2.21. The normalized spacial score (nSPS) is 13.5. The quantitative estimate of drug-likeness (QED) is 0.259. The lowest BCUT2D eigenvalue weighted by atomic mass is 10.1. The Balaban J connectivity index is 1.18. The van der Waals surface area contributed by atoms with Gasteiger partial charge >= 0.3 is 5.97 Å². The molecule has 0 saturated carbocycles. The average molecular weight is 496 g/mol. The number of aryl methyl sites for hydroxylation is 2. The van der Waals surface area contributed by atoms with Crippen molar-refractivity contribution >= 4 is 34.5 Å². The standard InChI is InChI=1S/C26H30FN5O4/c27-22-18-8-2-3-9-19(18)31-23(22)25(34)32-20(26(35)36)13-15-28-21(33)10-4-1-7-17-12-11-16-6-5-14-29-24(16)30-17/h2-3,8-9,11-12,20,31H,1,4-7,10,13-15H2,(H,28,33)(H,29,30)(H,32,34)(H,35,36). The molecule has 5 N–H and O–H groups in total. The first-order valence-corrected chi connectivity index (χ1v) is 12.2. The number of aromatic nitrogens is 2. The summed E-state index contributed by atoms with van der Waals surface area (Å²) in [5, 5.41) is 18.0. The SMILES string of the molecule is O=C(CCCCc1ccc2c(n1)NCCC2)NCCC(NC(=O)c1[nH]c2ccccc2c1F)C(=O)O. The van der Waals surface area contributed by atoms with E-state index in [4.69, 9.17) is 0 Å². The zero-order valence-electron chi connectivity index (χ0n) is 19.9. The van der Waals surface area contributed by atoms with Gasteiger partial charge in [-0.1, -0.05) is 18.2 Å². The van der Waals surface area contributed by atoms with Gasteiger partial charge in [-0.15, -0.1) is 0 Å². The topological polar surface area (TPSA) is 136 Å². The number of anilines is 1. The third kappa shape index (κ3) is 6.18. The molecule has 1 aromatic carbocycles. The van der Waals surface area contributed by atoms with E-state index in [1.807, 2.05) is 6.07 Å². The smallest absolute Gasteiger partial charge is 0.326 e. The number of halogens is 1. The maximum absolute atomic E-state index is 14.5. The summed E-state index contributed by atoms with van der Waals surface area (Å²) in [5.41, 5.74) is 2.36. The summed E-state index contributed by atoms with van der Waals surface area (Å²) in [5.74, 6) is -2.08. The predicted octanol–water partition coefficient (Wildman–Crippen LogP) is 3.16. The highest BCUT2D eigenvalue weighted by Gasteiger charge is 2.24. The number of rotatable bonds is 11. The molecule has 3 aromatic rings. The van der Waals surface area contributed by atoms with Crippen molar-refractivity contribution in [2.45, 2.75) is 51.0 Å². The molecule has 9 nitrogen and oxygen atoms in total. The number of aromatic amines is 1. The Bertz CT molecular complexity index is 1260. The molecule has 0 spiro atoms. The summed E-state index contributed by atoms with van der Waals surface area (Å²) in [6, 6.07) is 9.38. The Morgan fingerprint density at radius 3 is 2.78 bits per heavy atom. The molecule has 2 amide bonds. The van der Waals surface area contributed by atoms with E-state index in [0.717, 1.165) is 43.7 Å². The van der Waals surface area contributed by atoms with E-state index in [2.05, 4.69) is 32.0 Å². The second-order valence-electron chi connectivity index (χ2n) is 8.91. The van der Waals surface area contributed by atoms with Gasteiger partial charge in [-0.3, -0.25) is 9.59 Å². The zero-order valence-corrected chi connectivity index (χ0v) is 19.9. The van der Waals surface area contributed by atoms with Crippen molar-refractivity contribution in [1.29, 1.82) is 0 Å². The van der Waals surface area contributed by atoms with Gasteiger partial charge in [0.25, 0.3) is 5.91 Å². The van der Waals surface area contributed by atoms with Crippen LogP contribution >= 0.6 is 0 Å². The largest absolute Gasteiger partial charge is 0.480 e. The van der Waals surface area contributed by atoms with E-state index in [-0.39, 0.29) is 30.0 Å². The molecule has 0 fully saturated rings. The third-order valence-corrected chi connectivity index (χ3v) is 6.27. The summed E-state index contributed by atoms with van der Waals surface area (Å²) in [4.78, 5) is 43.6. The van der Waals surface area contributed by atoms with Gasteiger partial charge < -0.3 is 26.0 Å². The fraction of sp³-hybridized carbons (Fsp3) is 0.385. The Labute approximate surface area is 207 Å². The number of H-pyrrole nitrogens is 1. The predicted molar refractivity (Wildman–Crippen MR) is 133 cm³/mol. The Hall–Kier alpha value is -3.95. The van der Waals surface area contributed by atoms with Gasteiger partial charge in [0.1, 0.15) is 17.6 Å². The number of pyridine rings is 1. The summed E-state index contributed by atoms with van der Waals surface area (Å²) in [7, 11) is 0. The minimum absolute atomic E-state index is 0.0271. The minimum Gasteiger partial charge on any atom is -0.480 e. The van der Waals surface area contributed by atoms with E-state index < -0.39 is 23.7 Å². The van der Waals surface area contributed by atoms with Gasteiger partial charge in [0.15, 0.2) is 5.82 Å². The van der Waals surface area contributed by atoms with Crippen LogP contribution in [0.25, 0.3) is 10.9 Å². The highest BCUT2D eigenvalue weighted by molar-refractivity contribution is 6.00. The van der Waals surface area contributed by atoms with Crippen LogP contribution in [0, 0.1) is 5.82 Å². The van der Waals surface area contributed by atoms with E-state index in [9.17, 15) is 23.9 Å². The van der Waals surface area contributed by atoms with Crippen molar-refractivity contribution < 1.29 is 23.9 Å². The van der Waals surface area contributed by atoms with Crippen LogP contribution in [0.2, 0.25) is 0 Å². The molecule has 1 unspecified atom stereocenters. The Morgan fingerprint density at radius 2 is 1.97 bits per heavy atom. The average Bonchev–Trinajstić information content (AvgIpc) is 3.22. The highest BCUT2D eigenvalue weighted by atomic mass is 19.1. The van der Waals surface area contributed by atoms with Gasteiger partial charge in [-0.2, -0.15) is 0 Å². The molecule has 0 bridgehead atoms. The monoisotopic (exact) mass is 495 g/mol.